The van der Waals surface area contributed by atoms with Gasteiger partial charge in [-0.1, -0.05) is 6.92 Å². The second kappa shape index (κ2) is 1.76. The van der Waals surface area contributed by atoms with Crippen molar-refractivity contribution in [2.75, 3.05) is 0 Å². The van der Waals surface area contributed by atoms with Gasteiger partial charge in [-0.05, 0) is 18.8 Å². The van der Waals surface area contributed by atoms with Gasteiger partial charge in [-0.25, -0.2) is 0 Å². The summed E-state index contributed by atoms with van der Waals surface area (Å²) in [6.45, 7) is 2.00. The Kier molecular flexibility index (Phi) is 1.17. The first-order valence-corrected chi connectivity index (χ1v) is 4.23. The van der Waals surface area contributed by atoms with Gasteiger partial charge in [-0.2, -0.15) is 0 Å². The van der Waals surface area contributed by atoms with Crippen LogP contribution in [0.3, 0.4) is 0 Å². The summed E-state index contributed by atoms with van der Waals surface area (Å²) >= 11 is 6.15. The molecule has 2 heteroatoms. The molecule has 0 amide bonds. The third-order valence-electron chi connectivity index (χ3n) is 2.92. The number of hydrogen-bond donors (Lipinski definition) is 0. The van der Waals surface area contributed by atoms with Crippen LogP contribution in [0.4, 0.5) is 0 Å². The quantitative estimate of drug-likeness (QED) is 0.534. The lowest BCUT2D eigenvalue weighted by Gasteiger charge is -2.35. The summed E-state index contributed by atoms with van der Waals surface area (Å²) < 4.78 is 0. The van der Waals surface area contributed by atoms with Crippen molar-refractivity contribution < 1.29 is 4.79 Å². The van der Waals surface area contributed by atoms with E-state index in [1.54, 1.807) is 0 Å². The van der Waals surface area contributed by atoms with E-state index in [4.69, 9.17) is 11.6 Å². The molecule has 0 N–H and O–H groups in total. The molecule has 0 aliphatic heterocycles. The highest BCUT2D eigenvalue weighted by molar-refractivity contribution is 6.26. The van der Waals surface area contributed by atoms with Gasteiger partial charge in [0.1, 0.15) is 5.78 Å². The van der Waals surface area contributed by atoms with Crippen LogP contribution in [0.25, 0.3) is 0 Å². The minimum absolute atomic E-state index is 0.0489. The van der Waals surface area contributed by atoms with E-state index in [9.17, 15) is 4.79 Å². The molecule has 2 rings (SSSR count). The molecule has 2 unspecified atom stereocenters. The second-order valence-corrected chi connectivity index (χ2v) is 4.35. The molecule has 2 saturated carbocycles. The predicted octanol–water partition coefficient (Wildman–Crippen LogP) is 1.98. The lowest BCUT2D eigenvalue weighted by atomic mass is 9.70. The van der Waals surface area contributed by atoms with Crippen molar-refractivity contribution in [2.45, 2.75) is 31.1 Å². The summed E-state index contributed by atoms with van der Waals surface area (Å²) in [6.07, 6.45) is 2.98. The summed E-state index contributed by atoms with van der Waals surface area (Å²) in [5, 5.41) is 0. The highest BCUT2D eigenvalue weighted by Crippen LogP contribution is 2.56. The smallest absolute Gasteiger partial charge is 0.136 e. The van der Waals surface area contributed by atoms with Crippen LogP contribution >= 0.6 is 11.6 Å². The highest BCUT2D eigenvalue weighted by atomic mass is 35.5. The topological polar surface area (TPSA) is 17.1 Å². The van der Waals surface area contributed by atoms with E-state index in [1.807, 2.05) is 6.92 Å². The number of hydrogen-bond acceptors (Lipinski definition) is 1. The Bertz CT molecular complexity index is 184. The molecular weight excluding hydrogens is 148 g/mol. The molecule has 0 radical (unpaired) electrons. The van der Waals surface area contributed by atoms with Crippen LogP contribution in [0.1, 0.15) is 26.2 Å². The van der Waals surface area contributed by atoms with E-state index in [-0.39, 0.29) is 10.8 Å². The number of ketones is 1. The maximum atomic E-state index is 10.9. The van der Waals surface area contributed by atoms with Crippen LogP contribution in [0.5, 0.6) is 0 Å². The van der Waals surface area contributed by atoms with Gasteiger partial charge in [0.25, 0.3) is 0 Å². The molecular formula is C8H11ClO. The number of alkyl halides is 1. The van der Waals surface area contributed by atoms with Crippen LogP contribution in [0.15, 0.2) is 0 Å². The maximum Gasteiger partial charge on any atom is 0.136 e. The number of carbonyl (C=O) groups is 1. The number of halogens is 1. The lowest BCUT2D eigenvalue weighted by Crippen LogP contribution is -2.41. The van der Waals surface area contributed by atoms with Crippen LogP contribution in [-0.2, 0) is 4.79 Å². The maximum absolute atomic E-state index is 10.9. The van der Waals surface area contributed by atoms with Crippen LogP contribution in [0, 0.1) is 11.8 Å². The molecule has 10 heavy (non-hydrogen) atoms. The van der Waals surface area contributed by atoms with E-state index in [0.29, 0.717) is 11.7 Å². The van der Waals surface area contributed by atoms with Crippen LogP contribution < -0.4 is 0 Å². The SMILES string of the molecule is CC1C(=O)CC1C1(Cl)CC1. The van der Waals surface area contributed by atoms with Crippen LogP contribution in [0.2, 0.25) is 0 Å². The average molecular weight is 159 g/mol. The van der Waals surface area contributed by atoms with Crippen molar-refractivity contribution in [3.05, 3.63) is 0 Å². The third-order valence-corrected chi connectivity index (χ3v) is 3.58. The minimum atomic E-state index is 0.0489. The van der Waals surface area contributed by atoms with E-state index in [0.717, 1.165) is 19.3 Å². The van der Waals surface area contributed by atoms with E-state index in [2.05, 4.69) is 0 Å². The first kappa shape index (κ1) is 6.66. The van der Waals surface area contributed by atoms with Gasteiger partial charge < -0.3 is 0 Å². The first-order valence-electron chi connectivity index (χ1n) is 3.85. The summed E-state index contributed by atoms with van der Waals surface area (Å²) in [5.74, 6) is 1.15. The van der Waals surface area contributed by atoms with E-state index < -0.39 is 0 Å². The summed E-state index contributed by atoms with van der Waals surface area (Å²) in [7, 11) is 0. The standard InChI is InChI=1S/C8H11ClO/c1-5-6(4-7(5)10)8(9)2-3-8/h5-6H,2-4H2,1H3. The van der Waals surface area contributed by atoms with Crippen LogP contribution in [-0.4, -0.2) is 10.7 Å². The average Bonchev–Trinajstić information content (AvgIpc) is 2.63. The fraction of sp³-hybridized carbons (Fsp3) is 0.875. The zero-order valence-electron chi connectivity index (χ0n) is 6.06. The van der Waals surface area contributed by atoms with Gasteiger partial charge >= 0.3 is 0 Å². The van der Waals surface area contributed by atoms with E-state index >= 15 is 0 Å². The zero-order valence-corrected chi connectivity index (χ0v) is 6.82. The Morgan fingerprint density at radius 2 is 2.20 bits per heavy atom. The Morgan fingerprint density at radius 3 is 2.50 bits per heavy atom. The van der Waals surface area contributed by atoms with E-state index in [1.165, 1.54) is 0 Å². The lowest BCUT2D eigenvalue weighted by molar-refractivity contribution is -0.133. The molecule has 1 nitrogen and oxygen atoms in total. The minimum Gasteiger partial charge on any atom is -0.299 e. The molecule has 0 heterocycles. The fourth-order valence-electron chi connectivity index (χ4n) is 1.76. The number of rotatable bonds is 1. The Balaban J connectivity index is 2.03. The zero-order chi connectivity index (χ0) is 7.35. The molecule has 0 spiro atoms. The van der Waals surface area contributed by atoms with Gasteiger partial charge in [0, 0.05) is 17.2 Å². The van der Waals surface area contributed by atoms with Gasteiger partial charge in [0.15, 0.2) is 0 Å². The summed E-state index contributed by atoms with van der Waals surface area (Å²) in [4.78, 5) is 10.9. The molecule has 56 valence electrons. The van der Waals surface area contributed by atoms with Crippen molar-refractivity contribution in [3.63, 3.8) is 0 Å². The van der Waals surface area contributed by atoms with Crippen molar-refractivity contribution in [1.82, 2.24) is 0 Å². The predicted molar refractivity (Wildman–Crippen MR) is 40.1 cm³/mol. The molecule has 2 aliphatic carbocycles. The van der Waals surface area contributed by atoms with Crippen molar-refractivity contribution in [1.29, 1.82) is 0 Å². The molecule has 2 atom stereocenters. The molecule has 2 aliphatic rings. The number of Topliss-reactive ketones (excluding diaryl/α,β-unsaturated/α-hetero) is 1. The van der Waals surface area contributed by atoms with Gasteiger partial charge in [0.2, 0.25) is 0 Å². The molecule has 0 aromatic rings. The Labute approximate surface area is 65.7 Å². The molecule has 0 aromatic heterocycles. The second-order valence-electron chi connectivity index (χ2n) is 3.60. The third kappa shape index (κ3) is 0.731. The van der Waals surface area contributed by atoms with Crippen molar-refractivity contribution in [3.8, 4) is 0 Å². The van der Waals surface area contributed by atoms with Crippen molar-refractivity contribution >= 4 is 17.4 Å². The normalized spacial score (nSPS) is 42.8. The molecule has 0 saturated heterocycles. The summed E-state index contributed by atoms with van der Waals surface area (Å²) in [5.41, 5.74) is 0. The van der Waals surface area contributed by atoms with Gasteiger partial charge in [-0.3, -0.25) is 4.79 Å². The molecule has 0 bridgehead atoms. The van der Waals surface area contributed by atoms with Gasteiger partial charge in [0.05, 0.1) is 0 Å². The number of carbonyl (C=O) groups excluding carboxylic acids is 1. The highest BCUT2D eigenvalue weighted by Gasteiger charge is 2.55. The fourth-order valence-corrected chi connectivity index (χ4v) is 2.13. The molecule has 0 aromatic carbocycles. The summed E-state index contributed by atoms with van der Waals surface area (Å²) in [6, 6.07) is 0. The molecule has 2 fully saturated rings. The van der Waals surface area contributed by atoms with Gasteiger partial charge in [-0.15, -0.1) is 11.6 Å². The van der Waals surface area contributed by atoms with Crippen molar-refractivity contribution in [2.24, 2.45) is 11.8 Å². The first-order chi connectivity index (χ1) is 4.63. The largest absolute Gasteiger partial charge is 0.299 e. The Morgan fingerprint density at radius 1 is 1.60 bits per heavy atom. The Hall–Kier alpha value is -0.0400. The monoisotopic (exact) mass is 158 g/mol.